The summed E-state index contributed by atoms with van der Waals surface area (Å²) in [4.78, 5) is 16.2. The summed E-state index contributed by atoms with van der Waals surface area (Å²) in [6, 6.07) is 5.58. The third-order valence-electron chi connectivity index (χ3n) is 2.49. The van der Waals surface area contributed by atoms with E-state index in [9.17, 15) is 4.79 Å². The predicted molar refractivity (Wildman–Crippen MR) is 78.6 cm³/mol. The first-order valence-electron chi connectivity index (χ1n) is 5.24. The smallest absolute Gasteiger partial charge is 0.268 e. The number of hydrogen-bond donors (Lipinski definition) is 1. The first-order valence-corrected chi connectivity index (χ1v) is 6.82. The van der Waals surface area contributed by atoms with Crippen molar-refractivity contribution in [1.29, 1.82) is 0 Å². The monoisotopic (exact) mass is 371 g/mol. The Balaban J connectivity index is 2.40. The maximum Gasteiger partial charge on any atom is 0.268 e. The minimum Gasteiger partial charge on any atom is -0.399 e. The van der Waals surface area contributed by atoms with Gasteiger partial charge in [0.2, 0.25) is 0 Å². The summed E-state index contributed by atoms with van der Waals surface area (Å²) in [5.74, 6) is 0. The number of halogens is 2. The fourth-order valence-electron chi connectivity index (χ4n) is 1.62. The van der Waals surface area contributed by atoms with Gasteiger partial charge in [0.05, 0.1) is 18.6 Å². The summed E-state index contributed by atoms with van der Waals surface area (Å²) in [7, 11) is 0. The van der Waals surface area contributed by atoms with E-state index >= 15 is 0 Å². The van der Waals surface area contributed by atoms with E-state index in [4.69, 9.17) is 5.73 Å². The molecule has 0 spiro atoms. The van der Waals surface area contributed by atoms with Crippen molar-refractivity contribution >= 4 is 37.5 Å². The lowest BCUT2D eigenvalue weighted by molar-refractivity contribution is 0.724. The number of nitrogens with two attached hydrogens (primary N) is 1. The highest BCUT2D eigenvalue weighted by molar-refractivity contribution is 9.10. The van der Waals surface area contributed by atoms with E-state index in [0.717, 1.165) is 10.0 Å². The minimum atomic E-state index is -0.0963. The molecule has 18 heavy (non-hydrogen) atoms. The summed E-state index contributed by atoms with van der Waals surface area (Å²) in [6.45, 7) is 2.22. The van der Waals surface area contributed by atoms with Crippen LogP contribution in [0.3, 0.4) is 0 Å². The van der Waals surface area contributed by atoms with Crippen molar-refractivity contribution in [2.75, 3.05) is 5.73 Å². The Morgan fingerprint density at radius 3 is 2.72 bits per heavy atom. The largest absolute Gasteiger partial charge is 0.399 e. The van der Waals surface area contributed by atoms with Crippen molar-refractivity contribution in [2.24, 2.45) is 0 Å². The van der Waals surface area contributed by atoms with Crippen LogP contribution >= 0.6 is 31.9 Å². The van der Waals surface area contributed by atoms with Gasteiger partial charge in [-0.25, -0.2) is 4.98 Å². The molecule has 0 radical (unpaired) electrons. The Kier molecular flexibility index (Phi) is 3.87. The second-order valence-corrected chi connectivity index (χ2v) is 5.68. The molecule has 1 aromatic heterocycles. The summed E-state index contributed by atoms with van der Waals surface area (Å²) >= 11 is 6.62. The van der Waals surface area contributed by atoms with E-state index in [-0.39, 0.29) is 5.56 Å². The van der Waals surface area contributed by atoms with Crippen molar-refractivity contribution in [3.63, 3.8) is 0 Å². The molecule has 2 N–H and O–H groups in total. The zero-order chi connectivity index (χ0) is 13.3. The molecule has 0 saturated heterocycles. The molecular weight excluding hydrogens is 362 g/mol. The molecule has 0 aliphatic carbocycles. The number of benzene rings is 1. The average molecular weight is 373 g/mol. The van der Waals surface area contributed by atoms with Gasteiger partial charge in [0.15, 0.2) is 0 Å². The standard InChI is InChI=1S/C12H11Br2N3O/c1-7-11(14)12(18)17(6-16-7)5-8-2-9(13)4-10(15)3-8/h2-4,6H,5,15H2,1H3. The van der Waals surface area contributed by atoms with Crippen molar-refractivity contribution in [2.45, 2.75) is 13.5 Å². The predicted octanol–water partition coefficient (Wildman–Crippen LogP) is 2.71. The molecule has 1 aromatic carbocycles. The molecule has 0 amide bonds. The van der Waals surface area contributed by atoms with Crippen molar-refractivity contribution < 1.29 is 0 Å². The van der Waals surface area contributed by atoms with Gasteiger partial charge in [-0.1, -0.05) is 15.9 Å². The zero-order valence-electron chi connectivity index (χ0n) is 9.65. The van der Waals surface area contributed by atoms with Gasteiger partial charge in [0.25, 0.3) is 5.56 Å². The fourth-order valence-corrected chi connectivity index (χ4v) is 2.51. The molecule has 2 aromatic rings. The Labute approximate surface area is 121 Å². The van der Waals surface area contributed by atoms with E-state index < -0.39 is 0 Å². The van der Waals surface area contributed by atoms with Crippen LogP contribution in [0.1, 0.15) is 11.3 Å². The third-order valence-corrected chi connectivity index (χ3v) is 3.86. The van der Waals surface area contributed by atoms with E-state index in [0.29, 0.717) is 22.4 Å². The molecule has 0 fully saturated rings. The third kappa shape index (κ3) is 2.81. The number of hydrogen-bond acceptors (Lipinski definition) is 3. The van der Waals surface area contributed by atoms with Crippen LogP contribution in [-0.4, -0.2) is 9.55 Å². The topological polar surface area (TPSA) is 60.9 Å². The maximum atomic E-state index is 12.0. The Morgan fingerprint density at radius 2 is 2.06 bits per heavy atom. The van der Waals surface area contributed by atoms with E-state index in [1.165, 1.54) is 4.57 Å². The molecule has 0 saturated carbocycles. The fraction of sp³-hybridized carbons (Fsp3) is 0.167. The molecule has 1 heterocycles. The molecule has 0 atom stereocenters. The Morgan fingerprint density at radius 1 is 1.33 bits per heavy atom. The van der Waals surface area contributed by atoms with Crippen LogP contribution in [0, 0.1) is 6.92 Å². The van der Waals surface area contributed by atoms with Gasteiger partial charge in [0.1, 0.15) is 4.47 Å². The molecule has 6 heteroatoms. The highest BCUT2D eigenvalue weighted by atomic mass is 79.9. The molecule has 2 rings (SSSR count). The summed E-state index contributed by atoms with van der Waals surface area (Å²) in [6.07, 6.45) is 1.54. The minimum absolute atomic E-state index is 0.0963. The van der Waals surface area contributed by atoms with Gasteiger partial charge < -0.3 is 5.73 Å². The Bertz CT molecular complexity index is 632. The summed E-state index contributed by atoms with van der Waals surface area (Å²) in [5.41, 5.74) is 7.96. The second kappa shape index (κ2) is 5.24. The SMILES string of the molecule is Cc1ncn(Cc2cc(N)cc(Br)c2)c(=O)c1Br. The van der Waals surface area contributed by atoms with E-state index in [2.05, 4.69) is 36.8 Å². The van der Waals surface area contributed by atoms with Gasteiger partial charge in [-0.2, -0.15) is 0 Å². The lowest BCUT2D eigenvalue weighted by Crippen LogP contribution is -2.22. The van der Waals surface area contributed by atoms with Crippen LogP contribution in [-0.2, 0) is 6.54 Å². The summed E-state index contributed by atoms with van der Waals surface area (Å²) in [5, 5.41) is 0. The number of anilines is 1. The van der Waals surface area contributed by atoms with Crippen LogP contribution in [0.15, 0.2) is 38.3 Å². The molecule has 4 nitrogen and oxygen atoms in total. The molecule has 0 aliphatic rings. The molecular formula is C12H11Br2N3O. The van der Waals surface area contributed by atoms with Crippen LogP contribution in [0.4, 0.5) is 5.69 Å². The first-order chi connectivity index (χ1) is 8.47. The highest BCUT2D eigenvalue weighted by Gasteiger charge is 2.06. The van der Waals surface area contributed by atoms with Crippen LogP contribution in [0.25, 0.3) is 0 Å². The van der Waals surface area contributed by atoms with Crippen LogP contribution < -0.4 is 11.3 Å². The van der Waals surface area contributed by atoms with E-state index in [1.54, 1.807) is 13.3 Å². The number of nitrogens with zero attached hydrogens (tertiary/aromatic N) is 2. The van der Waals surface area contributed by atoms with Crippen molar-refractivity contribution in [1.82, 2.24) is 9.55 Å². The maximum absolute atomic E-state index is 12.0. The number of aryl methyl sites for hydroxylation is 1. The normalized spacial score (nSPS) is 10.6. The molecule has 0 bridgehead atoms. The van der Waals surface area contributed by atoms with Gasteiger partial charge in [-0.05, 0) is 46.6 Å². The van der Waals surface area contributed by atoms with Gasteiger partial charge in [-0.15, -0.1) is 0 Å². The van der Waals surface area contributed by atoms with Gasteiger partial charge >= 0.3 is 0 Å². The van der Waals surface area contributed by atoms with Gasteiger partial charge in [-0.3, -0.25) is 9.36 Å². The summed E-state index contributed by atoms with van der Waals surface area (Å²) < 4.78 is 2.93. The Hall–Kier alpha value is -1.14. The van der Waals surface area contributed by atoms with Crippen LogP contribution in [0.5, 0.6) is 0 Å². The molecule has 0 unspecified atom stereocenters. The second-order valence-electron chi connectivity index (χ2n) is 3.97. The van der Waals surface area contributed by atoms with Crippen molar-refractivity contribution in [3.8, 4) is 0 Å². The quantitative estimate of drug-likeness (QED) is 0.824. The van der Waals surface area contributed by atoms with Crippen molar-refractivity contribution in [3.05, 3.63) is 55.1 Å². The van der Waals surface area contributed by atoms with E-state index in [1.807, 2.05) is 18.2 Å². The van der Waals surface area contributed by atoms with Gasteiger partial charge in [0, 0.05) is 10.2 Å². The average Bonchev–Trinajstić information content (AvgIpc) is 2.29. The number of aromatic nitrogens is 2. The zero-order valence-corrected chi connectivity index (χ0v) is 12.8. The molecule has 0 aliphatic heterocycles. The number of rotatable bonds is 2. The lowest BCUT2D eigenvalue weighted by atomic mass is 10.2. The first kappa shape index (κ1) is 13.3. The highest BCUT2D eigenvalue weighted by Crippen LogP contribution is 2.18. The lowest BCUT2D eigenvalue weighted by Gasteiger charge is -2.08. The molecule has 94 valence electrons. The number of nitrogen functional groups attached to an aromatic ring is 1. The van der Waals surface area contributed by atoms with Crippen LogP contribution in [0.2, 0.25) is 0 Å².